The van der Waals surface area contributed by atoms with E-state index in [9.17, 15) is 9.59 Å². The number of aryl methyl sites for hydroxylation is 3. The van der Waals surface area contributed by atoms with Crippen molar-refractivity contribution in [2.45, 2.75) is 33.1 Å². The summed E-state index contributed by atoms with van der Waals surface area (Å²) in [6.07, 6.45) is 2.83. The van der Waals surface area contributed by atoms with Crippen LogP contribution in [0, 0.1) is 13.8 Å². The van der Waals surface area contributed by atoms with E-state index in [1.54, 1.807) is 0 Å². The van der Waals surface area contributed by atoms with Crippen LogP contribution in [0.25, 0.3) is 10.9 Å². The van der Waals surface area contributed by atoms with Crippen LogP contribution < -0.4 is 10.9 Å². The van der Waals surface area contributed by atoms with E-state index >= 15 is 0 Å². The molecule has 0 fully saturated rings. The van der Waals surface area contributed by atoms with Crippen LogP contribution in [0.1, 0.15) is 39.0 Å². The molecule has 4 rings (SSSR count). The summed E-state index contributed by atoms with van der Waals surface area (Å²) in [5.41, 5.74) is 6.30. The van der Waals surface area contributed by atoms with E-state index in [0.29, 0.717) is 11.3 Å². The van der Waals surface area contributed by atoms with Gasteiger partial charge < -0.3 is 10.3 Å². The van der Waals surface area contributed by atoms with Gasteiger partial charge in [-0.25, -0.2) is 0 Å². The molecular weight excluding hydrogens is 312 g/mol. The molecule has 4 heteroatoms. The number of carbonyl (C=O) groups excluding carboxylic acids is 1. The highest BCUT2D eigenvalue weighted by Crippen LogP contribution is 2.28. The van der Waals surface area contributed by atoms with Gasteiger partial charge in [-0.2, -0.15) is 0 Å². The number of amides is 1. The number of H-pyrrole nitrogens is 1. The van der Waals surface area contributed by atoms with Crippen LogP contribution >= 0.6 is 0 Å². The number of hydrogen-bond donors (Lipinski definition) is 2. The first kappa shape index (κ1) is 15.6. The van der Waals surface area contributed by atoms with Gasteiger partial charge in [-0.05, 0) is 62.9 Å². The molecule has 0 aliphatic heterocycles. The lowest BCUT2D eigenvalue weighted by Gasteiger charge is -2.10. The molecule has 1 heterocycles. The zero-order chi connectivity index (χ0) is 17.6. The Hall–Kier alpha value is -2.88. The summed E-state index contributed by atoms with van der Waals surface area (Å²) in [6.45, 7) is 3.95. The second-order valence-corrected chi connectivity index (χ2v) is 6.86. The summed E-state index contributed by atoms with van der Waals surface area (Å²) in [5.74, 6) is -0.144. The standard InChI is InChI=1S/C21H20N2O2/c1-12-8-13(2)10-14(9-12)20(24)22-15-6-7-17-16-4-3-5-18(16)21(25)23-19(17)11-15/h6-11H,3-5H2,1-2H3,(H,22,24)(H,23,25). The Balaban J connectivity index is 1.69. The zero-order valence-electron chi connectivity index (χ0n) is 14.4. The van der Waals surface area contributed by atoms with E-state index in [4.69, 9.17) is 0 Å². The second-order valence-electron chi connectivity index (χ2n) is 6.86. The predicted octanol–water partition coefficient (Wildman–Crippen LogP) is 3.89. The minimum atomic E-state index is -0.144. The maximum absolute atomic E-state index is 12.5. The number of pyridine rings is 1. The van der Waals surface area contributed by atoms with Crippen molar-refractivity contribution in [2.24, 2.45) is 0 Å². The molecule has 0 unspecified atom stereocenters. The Bertz CT molecular complexity index is 1040. The topological polar surface area (TPSA) is 62.0 Å². The van der Waals surface area contributed by atoms with Gasteiger partial charge in [-0.1, -0.05) is 23.3 Å². The maximum atomic E-state index is 12.5. The Morgan fingerprint density at radius 3 is 2.48 bits per heavy atom. The molecule has 0 radical (unpaired) electrons. The first-order valence-corrected chi connectivity index (χ1v) is 8.59. The van der Waals surface area contributed by atoms with Gasteiger partial charge in [-0.3, -0.25) is 9.59 Å². The SMILES string of the molecule is Cc1cc(C)cc(C(=O)Nc2ccc3c4c(c(=O)[nH]c3c2)CCC4)c1. The first-order valence-electron chi connectivity index (χ1n) is 8.59. The maximum Gasteiger partial charge on any atom is 0.255 e. The fraction of sp³-hybridized carbons (Fsp3) is 0.238. The third-order valence-corrected chi connectivity index (χ3v) is 4.83. The van der Waals surface area contributed by atoms with Gasteiger partial charge in [0.2, 0.25) is 0 Å². The lowest BCUT2D eigenvalue weighted by atomic mass is 10.0. The van der Waals surface area contributed by atoms with E-state index in [1.165, 1.54) is 0 Å². The first-order chi connectivity index (χ1) is 12.0. The van der Waals surface area contributed by atoms with Crippen LogP contribution in [-0.4, -0.2) is 10.9 Å². The third-order valence-electron chi connectivity index (χ3n) is 4.83. The van der Waals surface area contributed by atoms with Crippen molar-refractivity contribution in [1.82, 2.24) is 4.98 Å². The average molecular weight is 332 g/mol. The molecule has 0 bridgehead atoms. The van der Waals surface area contributed by atoms with Crippen LogP contribution in [0.2, 0.25) is 0 Å². The normalized spacial score (nSPS) is 13.0. The predicted molar refractivity (Wildman–Crippen MR) is 100 cm³/mol. The Kier molecular flexibility index (Phi) is 3.68. The number of fused-ring (bicyclic) bond motifs is 3. The molecule has 4 nitrogen and oxygen atoms in total. The van der Waals surface area contributed by atoms with Crippen LogP contribution in [0.15, 0.2) is 41.2 Å². The van der Waals surface area contributed by atoms with E-state index in [-0.39, 0.29) is 11.5 Å². The number of anilines is 1. The monoisotopic (exact) mass is 332 g/mol. The highest BCUT2D eigenvalue weighted by atomic mass is 16.1. The molecule has 1 amide bonds. The van der Waals surface area contributed by atoms with Crippen molar-refractivity contribution in [3.8, 4) is 0 Å². The average Bonchev–Trinajstić information content (AvgIpc) is 3.04. The number of hydrogen-bond acceptors (Lipinski definition) is 2. The molecule has 1 aromatic heterocycles. The van der Waals surface area contributed by atoms with Crippen LogP contribution in [-0.2, 0) is 12.8 Å². The van der Waals surface area contributed by atoms with Gasteiger partial charge in [0.05, 0.1) is 5.52 Å². The molecule has 1 aliphatic rings. The van der Waals surface area contributed by atoms with Crippen molar-refractivity contribution in [3.05, 3.63) is 74.6 Å². The van der Waals surface area contributed by atoms with Crippen molar-refractivity contribution < 1.29 is 4.79 Å². The van der Waals surface area contributed by atoms with Crippen molar-refractivity contribution in [1.29, 1.82) is 0 Å². The van der Waals surface area contributed by atoms with Crippen LogP contribution in [0.3, 0.4) is 0 Å². The Labute approximate surface area is 145 Å². The molecule has 0 saturated carbocycles. The number of aromatic nitrogens is 1. The molecule has 2 aromatic carbocycles. The number of aromatic amines is 1. The molecule has 25 heavy (non-hydrogen) atoms. The van der Waals surface area contributed by atoms with E-state index in [1.807, 2.05) is 50.2 Å². The summed E-state index contributed by atoms with van der Waals surface area (Å²) in [4.78, 5) is 27.7. The van der Waals surface area contributed by atoms with Gasteiger partial charge in [0, 0.05) is 22.2 Å². The molecule has 2 N–H and O–H groups in total. The molecule has 0 atom stereocenters. The molecule has 0 spiro atoms. The van der Waals surface area contributed by atoms with Gasteiger partial charge in [0.15, 0.2) is 0 Å². The molecule has 0 saturated heterocycles. The zero-order valence-corrected chi connectivity index (χ0v) is 14.4. The smallest absolute Gasteiger partial charge is 0.255 e. The lowest BCUT2D eigenvalue weighted by Crippen LogP contribution is -2.14. The van der Waals surface area contributed by atoms with Crippen molar-refractivity contribution >= 4 is 22.5 Å². The fourth-order valence-corrected chi connectivity index (χ4v) is 3.79. The Morgan fingerprint density at radius 1 is 1.00 bits per heavy atom. The van der Waals surface area contributed by atoms with E-state index in [0.717, 1.165) is 52.4 Å². The minimum Gasteiger partial charge on any atom is -0.322 e. The van der Waals surface area contributed by atoms with Crippen LogP contribution in [0.5, 0.6) is 0 Å². The molecule has 126 valence electrons. The summed E-state index contributed by atoms with van der Waals surface area (Å²) in [5, 5.41) is 4.01. The summed E-state index contributed by atoms with van der Waals surface area (Å²) < 4.78 is 0. The van der Waals surface area contributed by atoms with Gasteiger partial charge in [0.25, 0.3) is 11.5 Å². The highest BCUT2D eigenvalue weighted by Gasteiger charge is 2.18. The highest BCUT2D eigenvalue weighted by molar-refractivity contribution is 6.05. The van der Waals surface area contributed by atoms with Gasteiger partial charge in [0.1, 0.15) is 0 Å². The van der Waals surface area contributed by atoms with E-state index in [2.05, 4.69) is 10.3 Å². The van der Waals surface area contributed by atoms with Crippen molar-refractivity contribution in [2.75, 3.05) is 5.32 Å². The summed E-state index contributed by atoms with van der Waals surface area (Å²) in [7, 11) is 0. The lowest BCUT2D eigenvalue weighted by molar-refractivity contribution is 0.102. The number of carbonyl (C=O) groups is 1. The van der Waals surface area contributed by atoms with Gasteiger partial charge in [-0.15, -0.1) is 0 Å². The second kappa shape index (κ2) is 5.88. The number of nitrogens with one attached hydrogen (secondary N) is 2. The molecular formula is C21H20N2O2. The summed E-state index contributed by atoms with van der Waals surface area (Å²) >= 11 is 0. The molecule has 1 aliphatic carbocycles. The van der Waals surface area contributed by atoms with Crippen LogP contribution in [0.4, 0.5) is 5.69 Å². The number of rotatable bonds is 2. The third kappa shape index (κ3) is 2.84. The quantitative estimate of drug-likeness (QED) is 0.748. The Morgan fingerprint density at radius 2 is 1.72 bits per heavy atom. The van der Waals surface area contributed by atoms with Crippen molar-refractivity contribution in [3.63, 3.8) is 0 Å². The fourth-order valence-electron chi connectivity index (χ4n) is 3.79. The largest absolute Gasteiger partial charge is 0.322 e. The molecule has 3 aromatic rings. The minimum absolute atomic E-state index is 0.00205. The van der Waals surface area contributed by atoms with E-state index < -0.39 is 0 Å². The number of benzene rings is 2. The van der Waals surface area contributed by atoms with Gasteiger partial charge >= 0.3 is 0 Å². The summed E-state index contributed by atoms with van der Waals surface area (Å²) in [6, 6.07) is 11.5.